The Kier molecular flexibility index (Phi) is 18.2. The Balaban J connectivity index is 0.000000194. The molecule has 12 rings (SSSR count). The second kappa shape index (κ2) is 23.8. The monoisotopic (exact) mass is 1020 g/mol. The number of benzene rings is 2. The minimum absolute atomic E-state index is 0. The largest absolute Gasteiger partial charge is 0.482 e. The normalized spacial score (nSPS) is 31.3. The van der Waals surface area contributed by atoms with E-state index in [9.17, 15) is 19.2 Å². The molecule has 3 heterocycles. The van der Waals surface area contributed by atoms with E-state index in [-0.39, 0.29) is 66.8 Å². The highest BCUT2D eigenvalue weighted by Gasteiger charge is 2.70. The van der Waals surface area contributed by atoms with Gasteiger partial charge in [-0.1, -0.05) is 102 Å². The molecule has 10 fully saturated rings. The zero-order chi connectivity index (χ0) is 52.1. The van der Waals surface area contributed by atoms with Crippen molar-refractivity contribution in [3.63, 3.8) is 0 Å². The number of hydrogen-bond acceptors (Lipinski definition) is 11. The van der Waals surface area contributed by atoms with Gasteiger partial charge in [-0.05, 0) is 137 Å². The third-order valence-electron chi connectivity index (χ3n) is 18.1. The van der Waals surface area contributed by atoms with Crippen LogP contribution in [0.4, 0.5) is 9.59 Å². The van der Waals surface area contributed by atoms with Gasteiger partial charge in [0.1, 0.15) is 18.6 Å². The maximum atomic E-state index is 13.0. The Bertz CT molecular complexity index is 2350. The highest BCUT2D eigenvalue weighted by Crippen LogP contribution is 2.67. The first-order valence-electron chi connectivity index (χ1n) is 26.7. The summed E-state index contributed by atoms with van der Waals surface area (Å²) in [5, 5.41) is 21.5. The van der Waals surface area contributed by atoms with E-state index in [0.717, 1.165) is 56.1 Å². The number of ether oxygens (including phenoxy) is 2. The summed E-state index contributed by atoms with van der Waals surface area (Å²) in [6.07, 6.45) is 11.0. The van der Waals surface area contributed by atoms with Gasteiger partial charge in [0.25, 0.3) is 6.54 Å². The summed E-state index contributed by atoms with van der Waals surface area (Å²) in [6.45, 7) is 21.5. The average Bonchev–Trinajstić information content (AvgIpc) is 3.92. The summed E-state index contributed by atoms with van der Waals surface area (Å²) >= 11 is 0. The first-order chi connectivity index (χ1) is 34.8. The lowest BCUT2D eigenvalue weighted by Crippen LogP contribution is -2.65. The highest BCUT2D eigenvalue weighted by molar-refractivity contribution is 6.48. The molecule has 2 aromatic carbocycles. The molecule has 18 heteroatoms. The molecule has 3 saturated heterocycles. The molecule has 400 valence electrons. The zero-order valence-corrected chi connectivity index (χ0v) is 43.6. The molecule has 3 aliphatic heterocycles. The van der Waals surface area contributed by atoms with Crippen molar-refractivity contribution in [3.05, 3.63) is 83.2 Å². The smallest absolute Gasteiger partial charge is 0.480 e. The Hall–Kier alpha value is -5.13. The van der Waals surface area contributed by atoms with Gasteiger partial charge in [-0.25, -0.2) is 16.2 Å². The molecule has 0 unspecified atom stereocenters. The van der Waals surface area contributed by atoms with Crippen molar-refractivity contribution in [1.29, 1.82) is 5.26 Å². The predicted molar refractivity (Wildman–Crippen MR) is 280 cm³/mol. The third-order valence-corrected chi connectivity index (χ3v) is 18.1. The molecule has 7 saturated carbocycles. The van der Waals surface area contributed by atoms with Crippen molar-refractivity contribution in [3.8, 4) is 6.07 Å². The number of likely N-dealkylation sites (tertiary alicyclic amines) is 1. The van der Waals surface area contributed by atoms with Gasteiger partial charge in [0, 0.05) is 6.54 Å². The topological polar surface area (TPSA) is 199 Å². The van der Waals surface area contributed by atoms with Crippen LogP contribution in [0.25, 0.3) is 4.85 Å². The molecular weight excluding hydrogens is 940 g/mol. The predicted octanol–water partition coefficient (Wildman–Crippen LogP) is 9.05. The lowest BCUT2D eigenvalue weighted by molar-refractivity contribution is -0.199. The molecule has 0 radical (unpaired) electrons. The summed E-state index contributed by atoms with van der Waals surface area (Å²) in [6, 6.07) is 21.7. The van der Waals surface area contributed by atoms with Crippen LogP contribution >= 0.6 is 0 Å². The number of alkyl carbamates (subject to hydrolysis) is 2. The molecule has 11 atom stereocenters. The van der Waals surface area contributed by atoms with Crippen LogP contribution in [-0.2, 0) is 50.5 Å². The number of carboxylic acid groups (broad SMARTS) is 1. The van der Waals surface area contributed by atoms with Gasteiger partial charge < -0.3 is 53.6 Å². The Morgan fingerprint density at radius 3 is 1.62 bits per heavy atom. The van der Waals surface area contributed by atoms with Gasteiger partial charge in [-0.15, -0.1) is 0 Å². The van der Waals surface area contributed by atoms with Gasteiger partial charge >= 0.3 is 38.3 Å². The maximum Gasteiger partial charge on any atom is 0.482 e. The molecule has 4 bridgehead atoms. The summed E-state index contributed by atoms with van der Waals surface area (Å²) in [5.74, 6) is 0.308. The van der Waals surface area contributed by atoms with E-state index >= 15 is 0 Å². The van der Waals surface area contributed by atoms with E-state index in [2.05, 4.69) is 69.2 Å². The van der Waals surface area contributed by atoms with E-state index in [0.29, 0.717) is 61.4 Å². The van der Waals surface area contributed by atoms with Crippen LogP contribution in [0, 0.1) is 52.4 Å². The minimum Gasteiger partial charge on any atom is -0.480 e. The summed E-state index contributed by atoms with van der Waals surface area (Å²) in [5.41, 5.74) is 2.12. The van der Waals surface area contributed by atoms with Crippen LogP contribution < -0.4 is 10.6 Å². The molecule has 10 aliphatic rings. The van der Waals surface area contributed by atoms with Crippen molar-refractivity contribution in [1.82, 2.24) is 15.5 Å². The van der Waals surface area contributed by atoms with Gasteiger partial charge in [0.2, 0.25) is 0 Å². The van der Waals surface area contributed by atoms with Crippen LogP contribution in [0.2, 0.25) is 0 Å². The first-order valence-corrected chi connectivity index (χ1v) is 26.7. The molecule has 74 heavy (non-hydrogen) atoms. The van der Waals surface area contributed by atoms with Gasteiger partial charge in [-0.3, -0.25) is 9.59 Å². The van der Waals surface area contributed by atoms with Gasteiger partial charge in [0.15, 0.2) is 0 Å². The number of rotatable bonds is 12. The van der Waals surface area contributed by atoms with Crippen LogP contribution in [0.5, 0.6) is 0 Å². The first kappa shape index (κ1) is 56.6. The van der Waals surface area contributed by atoms with Crippen molar-refractivity contribution >= 4 is 38.3 Å². The molecule has 3 N–H and O–H groups in total. The molecule has 7 aliphatic carbocycles. The number of amides is 3. The van der Waals surface area contributed by atoms with E-state index in [1.807, 2.05) is 48.5 Å². The molecule has 2 aromatic rings. The van der Waals surface area contributed by atoms with Crippen LogP contribution in [-0.4, -0.2) is 115 Å². The average molecular weight is 1020 g/mol. The number of carboxylic acids is 1. The van der Waals surface area contributed by atoms with Gasteiger partial charge in [0.05, 0.1) is 47.9 Å². The van der Waals surface area contributed by atoms with Crippen molar-refractivity contribution < 1.29 is 52.4 Å². The number of nitrogens with one attached hydrogen (secondary N) is 2. The fraction of sp³-hybridized carbons (Fsp3) is 0.679. The van der Waals surface area contributed by atoms with Crippen LogP contribution in [0.1, 0.15) is 137 Å². The molecular formula is C56H79B2N5O11. The molecule has 16 nitrogen and oxygen atoms in total. The second-order valence-corrected chi connectivity index (χ2v) is 23.3. The fourth-order valence-corrected chi connectivity index (χ4v) is 13.7. The van der Waals surface area contributed by atoms with Crippen LogP contribution in [0.15, 0.2) is 60.7 Å². The summed E-state index contributed by atoms with van der Waals surface area (Å²) < 4.78 is 37.8. The molecule has 0 aromatic heterocycles. The highest BCUT2D eigenvalue weighted by atomic mass is 16.7. The standard InChI is InChI=1S/C27H36BN3O5.C25H36BNO4.C3H3NO2.CH4/c1-26(2)19-14-21(26)27(3)22(15-19)35-28(36-27)23(13-18-9-6-5-7-10-18)30-25(33)34-20-11-8-12-31(17-20)24(32)16-29-4;1-24(2)18-15-20(24)25(3)21(16-18)30-26(31-25)22(14-17-10-6-4-7-11-17)27-23(28)29-19-12-8-5-9-13-19;4-2-1-3(5)6;/h5-7,9-10,19-23H,8,11-17H2,1-3H3,(H,30,33);4,6-7,10-11,18-22H,5,8-9,12-16H2,1-3H3,(H,27,28);1H2,(H,5,6);1H4/t19-,20+,21-,22+,23-,27-;18-,20-,21+,22-,25-;;/m00../s1. The molecule has 0 spiro atoms. The lowest BCUT2D eigenvalue weighted by Gasteiger charge is -2.64. The second-order valence-electron chi connectivity index (χ2n) is 23.3. The van der Waals surface area contributed by atoms with E-state index in [4.69, 9.17) is 45.0 Å². The van der Waals surface area contributed by atoms with Crippen LogP contribution in [0.3, 0.4) is 0 Å². The number of carbonyl (C=O) groups excluding carboxylic acids is 3. The van der Waals surface area contributed by atoms with Crippen molar-refractivity contribution in [2.45, 2.75) is 186 Å². The van der Waals surface area contributed by atoms with E-state index < -0.39 is 44.8 Å². The van der Waals surface area contributed by atoms with E-state index in [1.165, 1.54) is 25.3 Å². The van der Waals surface area contributed by atoms with Crippen molar-refractivity contribution in [2.75, 3.05) is 19.6 Å². The summed E-state index contributed by atoms with van der Waals surface area (Å²) in [4.78, 5) is 52.2. The Morgan fingerprint density at radius 1 is 0.743 bits per heavy atom. The third kappa shape index (κ3) is 12.4. The number of carbonyl (C=O) groups is 4. The minimum atomic E-state index is -1.07. The number of piperidine rings is 1. The SMILES string of the molecule is C.CC1(C)[C@@H]2C[C@H]3OB([C@H](Cc4ccccc4)NC(=O)OC4CCCCC4)O[C@@]3(C)[C@H]1C2.N#CCC(=O)O.[C-]#[N+]CC(=O)N1CCC[C@@H](OC(=O)N[C@@H](Cc2ccccc2)B2O[C@@H]3C[C@@H]4C[C@@H](C4(C)C)[C@]3(C)O2)C1. The maximum absolute atomic E-state index is 13.0. The Labute approximate surface area is 439 Å². The fourth-order valence-electron chi connectivity index (χ4n) is 13.7. The Morgan fingerprint density at radius 2 is 1.20 bits per heavy atom. The lowest BCUT2D eigenvalue weighted by atomic mass is 9.43. The number of nitrogens with zero attached hydrogens (tertiary/aromatic N) is 3. The molecule has 3 amide bonds. The zero-order valence-electron chi connectivity index (χ0n) is 43.6. The number of aliphatic carboxylic acids is 1. The van der Waals surface area contributed by atoms with E-state index in [1.54, 1.807) is 4.90 Å². The van der Waals surface area contributed by atoms with Gasteiger partial charge in [-0.2, -0.15) is 5.26 Å². The number of hydrogen-bond donors (Lipinski definition) is 3. The quantitative estimate of drug-likeness (QED) is 0.135. The van der Waals surface area contributed by atoms with Crippen molar-refractivity contribution in [2.24, 2.45) is 34.5 Å². The number of nitriles is 1. The summed E-state index contributed by atoms with van der Waals surface area (Å²) in [7, 11) is -1.02.